The minimum absolute atomic E-state index is 0.0100. The maximum absolute atomic E-state index is 13.4. The smallest absolute Gasteiger partial charge is 0.411 e. The molecule has 1 unspecified atom stereocenters. The summed E-state index contributed by atoms with van der Waals surface area (Å²) in [6.07, 6.45) is 1.12. The van der Waals surface area contributed by atoms with Crippen molar-refractivity contribution in [3.05, 3.63) is 60.2 Å². The van der Waals surface area contributed by atoms with Crippen molar-refractivity contribution in [1.82, 2.24) is 4.90 Å². The molecule has 2 aromatic rings. The van der Waals surface area contributed by atoms with E-state index < -0.39 is 5.60 Å². The standard InChI is InChI=1S/C23H26INO4/c1-23(2,3)29-22(27)25-15-9-13-18(21(25)24)20(26)17-12-7-8-14-19(17)28-16-10-5-4-6-11-16/h4-8,10-12,14,18,21H,9,13,15H2,1-3H3/t18-,21?/m1/s1. The molecular formula is C23H26INO4. The van der Waals surface area contributed by atoms with Crippen molar-refractivity contribution in [2.45, 2.75) is 43.3 Å². The number of rotatable bonds is 4. The fourth-order valence-corrected chi connectivity index (χ4v) is 4.49. The van der Waals surface area contributed by atoms with Gasteiger partial charge in [-0.1, -0.05) is 52.9 Å². The van der Waals surface area contributed by atoms with Gasteiger partial charge in [0.25, 0.3) is 0 Å². The molecule has 154 valence electrons. The molecule has 1 amide bonds. The number of ketones is 1. The van der Waals surface area contributed by atoms with E-state index in [0.29, 0.717) is 23.6 Å². The highest BCUT2D eigenvalue weighted by Crippen LogP contribution is 2.35. The van der Waals surface area contributed by atoms with Crippen LogP contribution in [0.25, 0.3) is 0 Å². The molecule has 6 heteroatoms. The highest BCUT2D eigenvalue weighted by atomic mass is 127. The van der Waals surface area contributed by atoms with Gasteiger partial charge in [-0.05, 0) is 57.9 Å². The van der Waals surface area contributed by atoms with Crippen molar-refractivity contribution < 1.29 is 19.1 Å². The number of alkyl halides is 1. The Labute approximate surface area is 185 Å². The van der Waals surface area contributed by atoms with Gasteiger partial charge >= 0.3 is 6.09 Å². The summed E-state index contributed by atoms with van der Waals surface area (Å²) in [5.74, 6) is 0.890. The zero-order valence-corrected chi connectivity index (χ0v) is 19.1. The molecule has 0 bridgehead atoms. The van der Waals surface area contributed by atoms with Crippen LogP contribution in [0, 0.1) is 5.92 Å². The summed E-state index contributed by atoms with van der Waals surface area (Å²) in [6, 6.07) is 16.7. The maximum atomic E-state index is 13.4. The first-order valence-corrected chi connectivity index (χ1v) is 11.0. The average molecular weight is 507 g/mol. The van der Waals surface area contributed by atoms with Crippen molar-refractivity contribution in [2.75, 3.05) is 6.54 Å². The largest absolute Gasteiger partial charge is 0.457 e. The van der Waals surface area contributed by atoms with Crippen molar-refractivity contribution >= 4 is 34.5 Å². The van der Waals surface area contributed by atoms with E-state index >= 15 is 0 Å². The summed E-state index contributed by atoms with van der Waals surface area (Å²) in [5.41, 5.74) is -0.0328. The Morgan fingerprint density at radius 1 is 1.03 bits per heavy atom. The van der Waals surface area contributed by atoms with Crippen molar-refractivity contribution in [3.8, 4) is 11.5 Å². The number of carbonyl (C=O) groups is 2. The minimum Gasteiger partial charge on any atom is -0.457 e. The van der Waals surface area contributed by atoms with E-state index in [1.54, 1.807) is 17.0 Å². The molecule has 0 aromatic heterocycles. The van der Waals surface area contributed by atoms with E-state index in [4.69, 9.17) is 9.47 Å². The number of benzene rings is 2. The lowest BCUT2D eigenvalue weighted by atomic mass is 9.89. The van der Waals surface area contributed by atoms with E-state index in [-0.39, 0.29) is 21.8 Å². The van der Waals surface area contributed by atoms with E-state index in [0.717, 1.165) is 12.8 Å². The van der Waals surface area contributed by atoms with Crippen molar-refractivity contribution in [3.63, 3.8) is 0 Å². The van der Waals surface area contributed by atoms with E-state index in [1.165, 1.54) is 0 Å². The molecule has 0 N–H and O–H groups in total. The van der Waals surface area contributed by atoms with Crippen LogP contribution < -0.4 is 4.74 Å². The van der Waals surface area contributed by atoms with Crippen LogP contribution in [0.5, 0.6) is 11.5 Å². The molecule has 1 aliphatic heterocycles. The first-order chi connectivity index (χ1) is 13.8. The number of hydrogen-bond donors (Lipinski definition) is 0. The number of para-hydroxylation sites is 2. The Morgan fingerprint density at radius 3 is 2.38 bits per heavy atom. The van der Waals surface area contributed by atoms with Gasteiger partial charge in [-0.15, -0.1) is 0 Å². The third-order valence-electron chi connectivity index (χ3n) is 4.63. The number of likely N-dealkylation sites (tertiary alicyclic amines) is 1. The molecule has 1 saturated heterocycles. The van der Waals surface area contributed by atoms with Crippen LogP contribution in [0.15, 0.2) is 54.6 Å². The Hall–Kier alpha value is -2.09. The number of amides is 1. The van der Waals surface area contributed by atoms with Gasteiger partial charge in [0.1, 0.15) is 17.1 Å². The molecule has 0 aliphatic carbocycles. The summed E-state index contributed by atoms with van der Waals surface area (Å²) in [6.45, 7) is 6.12. The van der Waals surface area contributed by atoms with Crippen LogP contribution in [0.2, 0.25) is 0 Å². The molecule has 1 heterocycles. The normalized spacial score (nSPS) is 19.5. The maximum Gasteiger partial charge on any atom is 0.411 e. The second-order valence-corrected chi connectivity index (χ2v) is 9.35. The van der Waals surface area contributed by atoms with Gasteiger partial charge in [0.2, 0.25) is 0 Å². The van der Waals surface area contributed by atoms with Crippen LogP contribution >= 0.6 is 22.6 Å². The van der Waals surface area contributed by atoms with Crippen LogP contribution in [0.1, 0.15) is 44.0 Å². The predicted octanol–water partition coefficient (Wildman–Crippen LogP) is 6.07. The van der Waals surface area contributed by atoms with Crippen LogP contribution in [0.4, 0.5) is 4.79 Å². The van der Waals surface area contributed by atoms with Crippen LogP contribution in [-0.2, 0) is 4.74 Å². The molecule has 5 nitrogen and oxygen atoms in total. The third kappa shape index (κ3) is 5.50. The lowest BCUT2D eigenvalue weighted by molar-refractivity contribution is 0.0150. The quantitative estimate of drug-likeness (QED) is 0.218. The molecule has 2 aromatic carbocycles. The molecule has 29 heavy (non-hydrogen) atoms. The van der Waals surface area contributed by atoms with Gasteiger partial charge in [-0.2, -0.15) is 0 Å². The Morgan fingerprint density at radius 2 is 1.69 bits per heavy atom. The van der Waals surface area contributed by atoms with Gasteiger partial charge in [-0.3, -0.25) is 9.69 Å². The number of ether oxygens (including phenoxy) is 2. The lowest BCUT2D eigenvalue weighted by Crippen LogP contribution is -2.49. The Balaban J connectivity index is 1.80. The average Bonchev–Trinajstić information content (AvgIpc) is 2.67. The molecule has 0 saturated carbocycles. The summed E-state index contributed by atoms with van der Waals surface area (Å²) in [4.78, 5) is 27.7. The molecule has 0 radical (unpaired) electrons. The topological polar surface area (TPSA) is 55.8 Å². The number of carbonyl (C=O) groups excluding carboxylic acids is 2. The summed E-state index contributed by atoms with van der Waals surface area (Å²) >= 11 is 2.19. The minimum atomic E-state index is -0.569. The first kappa shape index (κ1) is 21.6. The Bertz CT molecular complexity index is 863. The second kappa shape index (κ2) is 9.15. The molecule has 1 fully saturated rings. The number of nitrogens with zero attached hydrogens (tertiary/aromatic N) is 1. The molecule has 3 rings (SSSR count). The van der Waals surface area contributed by atoms with Gasteiger partial charge < -0.3 is 9.47 Å². The first-order valence-electron chi connectivity index (χ1n) is 9.76. The Kier molecular flexibility index (Phi) is 6.82. The number of Topliss-reactive ketones (excluding diaryl/α,β-unsaturated/α-hetero) is 1. The van der Waals surface area contributed by atoms with Gasteiger partial charge in [-0.25, -0.2) is 4.79 Å². The van der Waals surface area contributed by atoms with Crippen LogP contribution in [-0.4, -0.2) is 33.0 Å². The number of halogens is 1. The van der Waals surface area contributed by atoms with Gasteiger partial charge in [0.05, 0.1) is 15.5 Å². The molecular weight excluding hydrogens is 481 g/mol. The molecule has 0 spiro atoms. The van der Waals surface area contributed by atoms with Gasteiger partial charge in [0, 0.05) is 6.54 Å². The van der Waals surface area contributed by atoms with E-state index in [1.807, 2.05) is 63.2 Å². The second-order valence-electron chi connectivity index (χ2n) is 8.07. The van der Waals surface area contributed by atoms with Crippen LogP contribution in [0.3, 0.4) is 0 Å². The summed E-state index contributed by atoms with van der Waals surface area (Å²) in [5, 5.41) is 0. The number of hydrogen-bond acceptors (Lipinski definition) is 4. The van der Waals surface area contributed by atoms with Crippen molar-refractivity contribution in [2.24, 2.45) is 5.92 Å². The fraction of sp³-hybridized carbons (Fsp3) is 0.391. The lowest BCUT2D eigenvalue weighted by Gasteiger charge is -2.38. The number of piperidine rings is 1. The summed E-state index contributed by atoms with van der Waals surface area (Å²) < 4.78 is 11.2. The zero-order chi connectivity index (χ0) is 21.0. The molecule has 2 atom stereocenters. The molecule has 1 aliphatic rings. The van der Waals surface area contributed by atoms with Gasteiger partial charge in [0.15, 0.2) is 5.78 Å². The predicted molar refractivity (Wildman–Crippen MR) is 121 cm³/mol. The zero-order valence-electron chi connectivity index (χ0n) is 16.9. The monoisotopic (exact) mass is 507 g/mol. The van der Waals surface area contributed by atoms with Crippen molar-refractivity contribution in [1.29, 1.82) is 0 Å². The summed E-state index contributed by atoms with van der Waals surface area (Å²) in [7, 11) is 0. The highest BCUT2D eigenvalue weighted by Gasteiger charge is 2.39. The fourth-order valence-electron chi connectivity index (χ4n) is 3.30. The third-order valence-corrected chi connectivity index (χ3v) is 6.17. The highest BCUT2D eigenvalue weighted by molar-refractivity contribution is 14.1. The van der Waals surface area contributed by atoms with E-state index in [9.17, 15) is 9.59 Å². The SMILES string of the molecule is CC(C)(C)OC(=O)N1CCC[C@H](C(=O)c2ccccc2Oc2ccccc2)C1I. The van der Waals surface area contributed by atoms with E-state index in [2.05, 4.69) is 22.6 Å².